The Bertz CT molecular complexity index is 1270. The van der Waals surface area contributed by atoms with Gasteiger partial charge < -0.3 is 9.80 Å². The predicted octanol–water partition coefficient (Wildman–Crippen LogP) is 3.43. The Hall–Kier alpha value is -3.66. The number of nitriles is 1. The number of anilines is 1. The number of nitrogens with zero attached hydrogens (tertiary/aromatic N) is 6. The highest BCUT2D eigenvalue weighted by molar-refractivity contribution is 5.98. The van der Waals surface area contributed by atoms with Crippen LogP contribution >= 0.6 is 0 Å². The minimum absolute atomic E-state index is 0.0152. The third-order valence-electron chi connectivity index (χ3n) is 7.12. The van der Waals surface area contributed by atoms with Gasteiger partial charge in [-0.1, -0.05) is 18.7 Å². The monoisotopic (exact) mass is 426 g/mol. The zero-order valence-corrected chi connectivity index (χ0v) is 18.5. The molecule has 0 saturated carbocycles. The molecule has 1 spiro atoms. The second kappa shape index (κ2) is 7.49. The first-order valence-corrected chi connectivity index (χ1v) is 10.9. The van der Waals surface area contributed by atoms with Crippen molar-refractivity contribution in [3.05, 3.63) is 54.5 Å². The molecule has 2 saturated heterocycles. The van der Waals surface area contributed by atoms with Crippen molar-refractivity contribution in [3.8, 4) is 17.2 Å². The lowest BCUT2D eigenvalue weighted by molar-refractivity contribution is -0.139. The van der Waals surface area contributed by atoms with E-state index in [2.05, 4.69) is 46.7 Å². The zero-order valence-electron chi connectivity index (χ0n) is 18.5. The summed E-state index contributed by atoms with van der Waals surface area (Å²) in [6, 6.07) is 6.60. The van der Waals surface area contributed by atoms with Gasteiger partial charge in [-0.3, -0.25) is 14.5 Å². The minimum Gasteiger partial charge on any atom is -0.369 e. The van der Waals surface area contributed by atoms with Gasteiger partial charge in [-0.2, -0.15) is 10.4 Å². The molecule has 5 rings (SSSR count). The molecule has 162 valence electrons. The van der Waals surface area contributed by atoms with E-state index in [1.807, 2.05) is 29.0 Å². The first-order chi connectivity index (χ1) is 15.5. The SMILES string of the molecule is C=CC(=O)N1CC2(CCN(c3cncc(-c4c(C)ccc5cnn(C)c45)c3C#N)CC2)C1. The van der Waals surface area contributed by atoms with Crippen molar-refractivity contribution >= 4 is 22.5 Å². The summed E-state index contributed by atoms with van der Waals surface area (Å²) in [6.07, 6.45) is 8.85. The molecule has 0 aliphatic carbocycles. The fourth-order valence-corrected chi connectivity index (χ4v) is 5.29. The van der Waals surface area contributed by atoms with E-state index in [1.165, 1.54) is 6.08 Å². The molecule has 7 nitrogen and oxygen atoms in total. The maximum atomic E-state index is 11.8. The summed E-state index contributed by atoms with van der Waals surface area (Å²) in [6.45, 7) is 8.96. The largest absolute Gasteiger partial charge is 0.369 e. The van der Waals surface area contributed by atoms with Gasteiger partial charge in [0.2, 0.25) is 5.91 Å². The molecular weight excluding hydrogens is 400 g/mol. The van der Waals surface area contributed by atoms with Crippen LogP contribution in [0.5, 0.6) is 0 Å². The number of rotatable bonds is 3. The first kappa shape index (κ1) is 20.3. The molecule has 0 unspecified atom stereocenters. The molecule has 32 heavy (non-hydrogen) atoms. The van der Waals surface area contributed by atoms with Gasteiger partial charge in [0.05, 0.1) is 29.2 Å². The molecule has 0 N–H and O–H groups in total. The molecule has 1 amide bonds. The summed E-state index contributed by atoms with van der Waals surface area (Å²) in [5.41, 5.74) is 5.71. The van der Waals surface area contributed by atoms with Crippen LogP contribution in [0.15, 0.2) is 43.4 Å². The number of carbonyl (C=O) groups excluding carboxylic acids is 1. The van der Waals surface area contributed by atoms with Crippen LogP contribution in [-0.4, -0.2) is 51.8 Å². The number of carbonyl (C=O) groups is 1. The quantitative estimate of drug-likeness (QED) is 0.600. The fourth-order valence-electron chi connectivity index (χ4n) is 5.29. The lowest BCUT2D eigenvalue weighted by atomic mass is 9.72. The maximum absolute atomic E-state index is 11.8. The number of piperidine rings is 1. The summed E-state index contributed by atoms with van der Waals surface area (Å²) in [5, 5.41) is 15.6. The molecule has 2 fully saturated rings. The van der Waals surface area contributed by atoms with Crippen LogP contribution < -0.4 is 4.90 Å². The summed E-state index contributed by atoms with van der Waals surface area (Å²) < 4.78 is 1.86. The number of fused-ring (bicyclic) bond motifs is 1. The number of aryl methyl sites for hydroxylation is 2. The highest BCUT2D eigenvalue weighted by Gasteiger charge is 2.46. The molecule has 2 aliphatic heterocycles. The van der Waals surface area contributed by atoms with Gasteiger partial charge in [0.1, 0.15) is 6.07 Å². The third kappa shape index (κ3) is 3.06. The Kier molecular flexibility index (Phi) is 4.74. The topological polar surface area (TPSA) is 78.1 Å². The van der Waals surface area contributed by atoms with Gasteiger partial charge in [-0.15, -0.1) is 0 Å². The van der Waals surface area contributed by atoms with Crippen LogP contribution in [-0.2, 0) is 11.8 Å². The van der Waals surface area contributed by atoms with Crippen molar-refractivity contribution < 1.29 is 4.79 Å². The van der Waals surface area contributed by atoms with Crippen LogP contribution in [0, 0.1) is 23.7 Å². The number of aromatic nitrogens is 3. The van der Waals surface area contributed by atoms with Crippen LogP contribution in [0.25, 0.3) is 22.0 Å². The summed E-state index contributed by atoms with van der Waals surface area (Å²) in [4.78, 5) is 20.5. The average Bonchev–Trinajstić information content (AvgIpc) is 3.17. The fraction of sp³-hybridized carbons (Fsp3) is 0.360. The minimum atomic E-state index is 0.0152. The van der Waals surface area contributed by atoms with Crippen molar-refractivity contribution in [2.24, 2.45) is 12.5 Å². The van der Waals surface area contributed by atoms with Gasteiger partial charge in [0.15, 0.2) is 0 Å². The molecule has 0 bridgehead atoms. The van der Waals surface area contributed by atoms with Crippen molar-refractivity contribution in [3.63, 3.8) is 0 Å². The number of benzene rings is 1. The van der Waals surface area contributed by atoms with Gasteiger partial charge in [-0.05, 0) is 31.4 Å². The van der Waals surface area contributed by atoms with E-state index in [1.54, 1.807) is 6.20 Å². The Morgan fingerprint density at radius 2 is 1.97 bits per heavy atom. The van der Waals surface area contributed by atoms with Gasteiger partial charge in [0, 0.05) is 61.4 Å². The average molecular weight is 427 g/mol. The second-order valence-corrected chi connectivity index (χ2v) is 9.04. The third-order valence-corrected chi connectivity index (χ3v) is 7.12. The van der Waals surface area contributed by atoms with Gasteiger partial charge in [0.25, 0.3) is 0 Å². The smallest absolute Gasteiger partial charge is 0.245 e. The van der Waals surface area contributed by atoms with Crippen molar-refractivity contribution in [1.82, 2.24) is 19.7 Å². The molecule has 7 heteroatoms. The number of hydrogen-bond acceptors (Lipinski definition) is 5. The van der Waals surface area contributed by atoms with Crippen molar-refractivity contribution in [2.75, 3.05) is 31.1 Å². The number of amides is 1. The van der Waals surface area contributed by atoms with Gasteiger partial charge in [-0.25, -0.2) is 0 Å². The summed E-state index contributed by atoms with van der Waals surface area (Å²) in [5.74, 6) is 0.0152. The molecule has 3 aromatic rings. The maximum Gasteiger partial charge on any atom is 0.245 e. The first-order valence-electron chi connectivity index (χ1n) is 10.9. The summed E-state index contributed by atoms with van der Waals surface area (Å²) >= 11 is 0. The number of likely N-dealkylation sites (tertiary alicyclic amines) is 1. The lowest BCUT2D eigenvalue weighted by Gasteiger charge is -2.54. The van der Waals surface area contributed by atoms with E-state index in [9.17, 15) is 10.1 Å². The molecular formula is C25H26N6O. The van der Waals surface area contributed by atoms with E-state index in [0.29, 0.717) is 5.56 Å². The zero-order chi connectivity index (χ0) is 22.5. The van der Waals surface area contributed by atoms with Crippen LogP contribution in [0.1, 0.15) is 24.0 Å². The standard InChI is InChI=1S/C25H26N6O/c1-4-22(32)31-15-25(16-31)7-9-30(10-8-25)21-14-27-13-20(19(21)11-26)23-17(2)5-6-18-12-28-29(3)24(18)23/h4-6,12-14H,1,7-10,15-16H2,2-3H3. The number of pyridine rings is 1. The normalized spacial score (nSPS) is 17.3. The number of hydrogen-bond donors (Lipinski definition) is 0. The van der Waals surface area contributed by atoms with Crippen molar-refractivity contribution in [2.45, 2.75) is 19.8 Å². The molecule has 1 aromatic carbocycles. The molecule has 2 aromatic heterocycles. The van der Waals surface area contributed by atoms with E-state index < -0.39 is 0 Å². The second-order valence-electron chi connectivity index (χ2n) is 9.04. The van der Waals surface area contributed by atoms with Crippen LogP contribution in [0.2, 0.25) is 0 Å². The predicted molar refractivity (Wildman–Crippen MR) is 124 cm³/mol. The summed E-state index contributed by atoms with van der Waals surface area (Å²) in [7, 11) is 1.93. The Labute approximate surface area is 187 Å². The van der Waals surface area contributed by atoms with E-state index in [0.717, 1.165) is 72.3 Å². The Morgan fingerprint density at radius 3 is 2.66 bits per heavy atom. The highest BCUT2D eigenvalue weighted by atomic mass is 16.2. The Balaban J connectivity index is 1.47. The molecule has 2 aliphatic rings. The molecule has 0 radical (unpaired) electrons. The lowest BCUT2D eigenvalue weighted by Crippen LogP contribution is -2.61. The highest BCUT2D eigenvalue weighted by Crippen LogP contribution is 2.43. The van der Waals surface area contributed by atoms with E-state index in [4.69, 9.17) is 0 Å². The van der Waals surface area contributed by atoms with Gasteiger partial charge >= 0.3 is 0 Å². The van der Waals surface area contributed by atoms with E-state index >= 15 is 0 Å². The Morgan fingerprint density at radius 1 is 1.22 bits per heavy atom. The molecule has 0 atom stereocenters. The van der Waals surface area contributed by atoms with Crippen molar-refractivity contribution in [1.29, 1.82) is 5.26 Å². The van der Waals surface area contributed by atoms with Crippen LogP contribution in [0.4, 0.5) is 5.69 Å². The van der Waals surface area contributed by atoms with Crippen LogP contribution in [0.3, 0.4) is 0 Å². The molecule has 4 heterocycles. The van der Waals surface area contributed by atoms with E-state index in [-0.39, 0.29) is 11.3 Å².